The summed E-state index contributed by atoms with van der Waals surface area (Å²) in [5.74, 6) is -2.80. The van der Waals surface area contributed by atoms with Gasteiger partial charge in [-0.05, 0) is 25.1 Å². The first-order chi connectivity index (χ1) is 14.6. The van der Waals surface area contributed by atoms with E-state index < -0.39 is 48.7 Å². The number of hydrogen-bond donors (Lipinski definition) is 2. The van der Waals surface area contributed by atoms with Crippen LogP contribution in [0.15, 0.2) is 35.6 Å². The molecule has 0 bridgehead atoms. The zero-order chi connectivity index (χ0) is 22.4. The number of nitrogens with two attached hydrogens (primary N) is 1. The molecule has 12 heteroatoms. The third kappa shape index (κ3) is 3.78. The summed E-state index contributed by atoms with van der Waals surface area (Å²) in [6.07, 6.45) is -4.23. The molecule has 1 aromatic heterocycles. The van der Waals surface area contributed by atoms with Crippen LogP contribution in [0.1, 0.15) is 21.7 Å². The number of benzene rings is 1. The molecular formula is C19H17F4N5O3. The smallest absolute Gasteiger partial charge is 0.415 e. The second-order valence-corrected chi connectivity index (χ2v) is 7.26. The van der Waals surface area contributed by atoms with E-state index in [0.29, 0.717) is 5.69 Å². The maximum atomic E-state index is 14.8. The zero-order valence-electron chi connectivity index (χ0n) is 16.1. The zero-order valence-corrected chi connectivity index (χ0v) is 16.1. The minimum atomic E-state index is -4.70. The van der Waals surface area contributed by atoms with Crippen LogP contribution in [0.2, 0.25) is 0 Å². The summed E-state index contributed by atoms with van der Waals surface area (Å²) in [7, 11) is 0. The van der Waals surface area contributed by atoms with Gasteiger partial charge in [-0.25, -0.2) is 14.4 Å². The minimum Gasteiger partial charge on any atom is -0.465 e. The number of aryl methyl sites for hydroxylation is 1. The van der Waals surface area contributed by atoms with E-state index in [4.69, 9.17) is 15.2 Å². The molecule has 2 aliphatic rings. The highest BCUT2D eigenvalue weighted by Crippen LogP contribution is 2.50. The lowest BCUT2D eigenvalue weighted by Gasteiger charge is -2.36. The van der Waals surface area contributed by atoms with Gasteiger partial charge in [0.1, 0.15) is 17.1 Å². The maximum Gasteiger partial charge on any atom is 0.415 e. The number of hydrogen-bond acceptors (Lipinski definition) is 7. The number of amidine groups is 1. The molecule has 2 aliphatic heterocycles. The van der Waals surface area contributed by atoms with E-state index in [9.17, 15) is 22.4 Å². The van der Waals surface area contributed by atoms with Gasteiger partial charge in [0.25, 0.3) is 11.9 Å². The lowest BCUT2D eigenvalue weighted by Crippen LogP contribution is -2.48. The van der Waals surface area contributed by atoms with Crippen LogP contribution >= 0.6 is 0 Å². The largest absolute Gasteiger partial charge is 0.465 e. The molecule has 2 unspecified atom stereocenters. The first-order valence-corrected chi connectivity index (χ1v) is 9.16. The normalized spacial score (nSPS) is 25.4. The van der Waals surface area contributed by atoms with Crippen LogP contribution in [-0.4, -0.2) is 47.4 Å². The first-order valence-electron chi connectivity index (χ1n) is 9.16. The van der Waals surface area contributed by atoms with Crippen molar-refractivity contribution in [2.75, 3.05) is 18.5 Å². The van der Waals surface area contributed by atoms with Crippen LogP contribution in [0.3, 0.4) is 0 Å². The SMILES string of the molecule is Cc1cnc(C(=O)Nc2ccc(F)c(C34CO[C@H](C(F)(F)F)C3COC(N)=N4)c2)cn1. The van der Waals surface area contributed by atoms with Crippen molar-refractivity contribution in [3.8, 4) is 0 Å². The van der Waals surface area contributed by atoms with Crippen molar-refractivity contribution in [3.63, 3.8) is 0 Å². The van der Waals surface area contributed by atoms with Crippen LogP contribution in [0.4, 0.5) is 23.2 Å². The van der Waals surface area contributed by atoms with Gasteiger partial charge in [0.15, 0.2) is 6.10 Å². The van der Waals surface area contributed by atoms with Crippen molar-refractivity contribution >= 4 is 17.6 Å². The topological polar surface area (TPSA) is 112 Å². The Morgan fingerprint density at radius 3 is 2.74 bits per heavy atom. The number of carbonyl (C=O) groups excluding carboxylic acids is 1. The first kappa shape index (κ1) is 21.0. The molecule has 0 spiro atoms. The van der Waals surface area contributed by atoms with Crippen molar-refractivity contribution in [1.29, 1.82) is 0 Å². The Bertz CT molecular complexity index is 1040. The molecule has 2 aromatic rings. The lowest BCUT2D eigenvalue weighted by molar-refractivity contribution is -0.219. The fraction of sp³-hybridized carbons (Fsp3) is 0.368. The van der Waals surface area contributed by atoms with Gasteiger partial charge in [-0.1, -0.05) is 0 Å². The predicted octanol–water partition coefficient (Wildman–Crippen LogP) is 2.29. The van der Waals surface area contributed by atoms with Gasteiger partial charge in [0.2, 0.25) is 0 Å². The van der Waals surface area contributed by atoms with E-state index in [-0.39, 0.29) is 23.0 Å². The summed E-state index contributed by atoms with van der Waals surface area (Å²) in [6, 6.07) is 3.14. The predicted molar refractivity (Wildman–Crippen MR) is 99.7 cm³/mol. The van der Waals surface area contributed by atoms with Gasteiger partial charge in [-0.2, -0.15) is 13.2 Å². The highest BCUT2D eigenvalue weighted by atomic mass is 19.4. The Morgan fingerprint density at radius 2 is 2.06 bits per heavy atom. The number of aliphatic imine (C=N–C) groups is 1. The average Bonchev–Trinajstić information content (AvgIpc) is 3.09. The second-order valence-electron chi connectivity index (χ2n) is 7.26. The second kappa shape index (κ2) is 7.45. The molecule has 1 amide bonds. The minimum absolute atomic E-state index is 0.0159. The molecule has 3 heterocycles. The van der Waals surface area contributed by atoms with E-state index in [0.717, 1.165) is 6.07 Å². The third-order valence-corrected chi connectivity index (χ3v) is 5.21. The van der Waals surface area contributed by atoms with E-state index in [1.54, 1.807) is 6.92 Å². The molecule has 0 aliphatic carbocycles. The Balaban J connectivity index is 1.71. The van der Waals surface area contributed by atoms with Crippen LogP contribution in [0.5, 0.6) is 0 Å². The van der Waals surface area contributed by atoms with E-state index in [1.165, 1.54) is 24.5 Å². The highest BCUT2D eigenvalue weighted by Gasteiger charge is 2.62. The molecule has 1 aromatic carbocycles. The highest BCUT2D eigenvalue weighted by molar-refractivity contribution is 6.02. The fourth-order valence-corrected chi connectivity index (χ4v) is 3.74. The standard InChI is InChI=1S/C19H17F4N5O3/c1-9-5-26-14(6-25-9)16(29)27-10-2-3-13(20)11(4-10)18-8-31-15(19(21,22)23)12(18)7-30-17(24)28-18/h2-6,12,15H,7-8H2,1H3,(H2,24,28)(H,27,29)/t12?,15-,18?/m0/s1. The number of carbonyl (C=O) groups is 1. The summed E-state index contributed by atoms with van der Waals surface area (Å²) in [4.78, 5) is 24.4. The number of alkyl halides is 3. The maximum absolute atomic E-state index is 14.8. The number of ether oxygens (including phenoxy) is 2. The number of fused-ring (bicyclic) bond motifs is 1. The molecule has 0 saturated carbocycles. The molecule has 1 saturated heterocycles. The van der Waals surface area contributed by atoms with Gasteiger partial charge in [0, 0.05) is 17.4 Å². The summed E-state index contributed by atoms with van der Waals surface area (Å²) >= 11 is 0. The molecule has 8 nitrogen and oxygen atoms in total. The molecule has 0 radical (unpaired) electrons. The number of rotatable bonds is 3. The number of amides is 1. The molecule has 164 valence electrons. The van der Waals surface area contributed by atoms with Crippen molar-refractivity contribution in [1.82, 2.24) is 9.97 Å². The van der Waals surface area contributed by atoms with Crippen molar-refractivity contribution in [2.24, 2.45) is 16.6 Å². The summed E-state index contributed by atoms with van der Waals surface area (Å²) < 4.78 is 65.2. The number of nitrogens with one attached hydrogen (secondary N) is 1. The Morgan fingerprint density at radius 1 is 1.29 bits per heavy atom. The molecular weight excluding hydrogens is 422 g/mol. The number of aromatic nitrogens is 2. The molecule has 31 heavy (non-hydrogen) atoms. The Hall–Kier alpha value is -3.28. The number of halogens is 4. The fourth-order valence-electron chi connectivity index (χ4n) is 3.74. The van der Waals surface area contributed by atoms with E-state index in [2.05, 4.69) is 20.3 Å². The summed E-state index contributed by atoms with van der Waals surface area (Å²) in [5, 5.41) is 2.53. The van der Waals surface area contributed by atoms with Crippen LogP contribution < -0.4 is 11.1 Å². The van der Waals surface area contributed by atoms with Gasteiger partial charge >= 0.3 is 6.18 Å². The van der Waals surface area contributed by atoms with Crippen molar-refractivity contribution < 1.29 is 31.8 Å². The molecule has 3 atom stereocenters. The molecule has 4 rings (SSSR count). The van der Waals surface area contributed by atoms with Gasteiger partial charge in [-0.3, -0.25) is 9.78 Å². The lowest BCUT2D eigenvalue weighted by atomic mass is 9.77. The monoisotopic (exact) mass is 439 g/mol. The van der Waals surface area contributed by atoms with Gasteiger partial charge in [0.05, 0.1) is 31.0 Å². The van der Waals surface area contributed by atoms with E-state index >= 15 is 0 Å². The summed E-state index contributed by atoms with van der Waals surface area (Å²) in [6.45, 7) is 0.701. The van der Waals surface area contributed by atoms with Gasteiger partial charge < -0.3 is 20.5 Å². The average molecular weight is 439 g/mol. The van der Waals surface area contributed by atoms with Crippen LogP contribution in [-0.2, 0) is 15.0 Å². The molecule has 1 fully saturated rings. The van der Waals surface area contributed by atoms with E-state index in [1.807, 2.05) is 0 Å². The Kier molecular flexibility index (Phi) is 5.04. The van der Waals surface area contributed by atoms with Crippen molar-refractivity contribution in [2.45, 2.75) is 24.7 Å². The number of nitrogens with zero attached hydrogens (tertiary/aromatic N) is 3. The molecule has 3 N–H and O–H groups in total. The quantitative estimate of drug-likeness (QED) is 0.710. The van der Waals surface area contributed by atoms with Crippen LogP contribution in [0, 0.1) is 18.7 Å². The van der Waals surface area contributed by atoms with Crippen LogP contribution in [0.25, 0.3) is 0 Å². The van der Waals surface area contributed by atoms with Crippen molar-refractivity contribution in [3.05, 3.63) is 53.4 Å². The van der Waals surface area contributed by atoms with Gasteiger partial charge in [-0.15, -0.1) is 0 Å². The summed E-state index contributed by atoms with van der Waals surface area (Å²) in [5.41, 5.74) is 4.42. The third-order valence-electron chi connectivity index (χ3n) is 5.21. The Labute approximate surface area is 173 Å². The number of anilines is 1.